The third kappa shape index (κ3) is 7.50. The van der Waals surface area contributed by atoms with Crippen molar-refractivity contribution in [3.63, 3.8) is 0 Å². The lowest BCUT2D eigenvalue weighted by atomic mass is 9.97. The van der Waals surface area contributed by atoms with Gasteiger partial charge in [0.25, 0.3) is 5.69 Å². The summed E-state index contributed by atoms with van der Waals surface area (Å²) in [7, 11) is 0. The smallest absolute Gasteiger partial charge is 0.338 e. The fourth-order valence-corrected chi connectivity index (χ4v) is 4.60. The van der Waals surface area contributed by atoms with Gasteiger partial charge in [0.05, 0.1) is 28.2 Å². The summed E-state index contributed by atoms with van der Waals surface area (Å²) in [6.45, 7) is -0.717. The highest BCUT2D eigenvalue weighted by molar-refractivity contribution is 5.91. The van der Waals surface area contributed by atoms with Gasteiger partial charge in [-0.1, -0.05) is 54.6 Å². The van der Waals surface area contributed by atoms with Gasteiger partial charge in [0.2, 0.25) is 12.4 Å². The van der Waals surface area contributed by atoms with Crippen LogP contribution in [0.5, 0.6) is 5.75 Å². The minimum atomic E-state index is -1.56. The van der Waals surface area contributed by atoms with Crippen LogP contribution in [0.2, 0.25) is 0 Å². The standard InChI is InChI=1S/C33H27NO11/c35-20-26-27(43-30(36)21-10-4-1-5-11-21)28(44-31(37)22-12-6-2-7-13-22)29(45-32(38)23-14-8-3-9-15-23)33(42-26)41-25-18-16-24(17-19-25)34(39)40/h1-19,26-29,33,35H,20H2/t26-,27-,28+,29+,33+/m1/s1. The molecular formula is C33H27NO11. The van der Waals surface area contributed by atoms with Crippen LogP contribution < -0.4 is 4.74 Å². The number of ether oxygens (including phenoxy) is 5. The summed E-state index contributed by atoms with van der Waals surface area (Å²) in [6.07, 6.45) is -7.43. The first-order chi connectivity index (χ1) is 21.8. The first kappa shape index (κ1) is 30.9. The van der Waals surface area contributed by atoms with E-state index in [2.05, 4.69) is 0 Å². The van der Waals surface area contributed by atoms with Gasteiger partial charge in [-0.05, 0) is 48.5 Å². The molecule has 45 heavy (non-hydrogen) atoms. The molecular weight excluding hydrogens is 586 g/mol. The minimum absolute atomic E-state index is 0.0796. The van der Waals surface area contributed by atoms with Gasteiger partial charge in [-0.3, -0.25) is 10.1 Å². The molecule has 4 aromatic carbocycles. The number of rotatable bonds is 10. The lowest BCUT2D eigenvalue weighted by molar-refractivity contribution is -0.384. The normalized spacial score (nSPS) is 20.8. The zero-order valence-corrected chi connectivity index (χ0v) is 23.5. The molecule has 230 valence electrons. The number of benzene rings is 4. The molecule has 5 atom stereocenters. The lowest BCUT2D eigenvalue weighted by Crippen LogP contribution is -2.63. The van der Waals surface area contributed by atoms with Crippen LogP contribution in [-0.2, 0) is 18.9 Å². The highest BCUT2D eigenvalue weighted by atomic mass is 16.7. The van der Waals surface area contributed by atoms with Crippen LogP contribution in [0.3, 0.4) is 0 Å². The summed E-state index contributed by atoms with van der Waals surface area (Å²) in [5.74, 6) is -2.41. The van der Waals surface area contributed by atoms with Crippen LogP contribution in [0.25, 0.3) is 0 Å². The van der Waals surface area contributed by atoms with Crippen molar-refractivity contribution in [1.82, 2.24) is 0 Å². The molecule has 4 aromatic rings. The topological polar surface area (TPSA) is 161 Å². The number of nitro groups is 1. The molecule has 5 rings (SSSR count). The summed E-state index contributed by atoms with van der Waals surface area (Å²) >= 11 is 0. The molecule has 1 heterocycles. The van der Waals surface area contributed by atoms with Crippen molar-refractivity contribution in [2.24, 2.45) is 0 Å². The van der Waals surface area contributed by atoms with Crippen LogP contribution >= 0.6 is 0 Å². The van der Waals surface area contributed by atoms with Crippen LogP contribution in [0.1, 0.15) is 31.1 Å². The minimum Gasteiger partial charge on any atom is -0.461 e. The maximum absolute atomic E-state index is 13.4. The fourth-order valence-electron chi connectivity index (χ4n) is 4.60. The molecule has 0 aromatic heterocycles. The van der Waals surface area contributed by atoms with Crippen molar-refractivity contribution in [1.29, 1.82) is 0 Å². The number of nitro benzene ring substituents is 1. The van der Waals surface area contributed by atoms with Crippen molar-refractivity contribution < 1.29 is 48.1 Å². The highest BCUT2D eigenvalue weighted by Crippen LogP contribution is 2.32. The Bertz CT molecular complexity index is 1620. The number of non-ortho nitro benzene ring substituents is 1. The second-order valence-corrected chi connectivity index (χ2v) is 9.80. The molecule has 0 amide bonds. The second-order valence-electron chi connectivity index (χ2n) is 9.80. The number of aliphatic hydroxyl groups is 1. The molecule has 1 aliphatic rings. The van der Waals surface area contributed by atoms with Crippen molar-refractivity contribution in [3.05, 3.63) is 142 Å². The van der Waals surface area contributed by atoms with E-state index in [0.717, 1.165) is 0 Å². The monoisotopic (exact) mass is 613 g/mol. The Labute approximate surface area is 256 Å². The zero-order valence-electron chi connectivity index (χ0n) is 23.5. The Morgan fingerprint density at radius 2 is 1.07 bits per heavy atom. The molecule has 12 heteroatoms. The van der Waals surface area contributed by atoms with E-state index in [0.29, 0.717) is 0 Å². The number of esters is 3. The molecule has 1 aliphatic heterocycles. The van der Waals surface area contributed by atoms with Crippen LogP contribution in [0.15, 0.2) is 115 Å². The van der Waals surface area contributed by atoms with Gasteiger partial charge in [-0.25, -0.2) is 14.4 Å². The third-order valence-electron chi connectivity index (χ3n) is 6.83. The van der Waals surface area contributed by atoms with Gasteiger partial charge >= 0.3 is 17.9 Å². The van der Waals surface area contributed by atoms with Gasteiger partial charge in [0.1, 0.15) is 11.9 Å². The average molecular weight is 614 g/mol. The van der Waals surface area contributed by atoms with Gasteiger partial charge in [0, 0.05) is 12.1 Å². The lowest BCUT2D eigenvalue weighted by Gasteiger charge is -2.44. The Kier molecular flexibility index (Phi) is 9.77. The van der Waals surface area contributed by atoms with Gasteiger partial charge in [-0.2, -0.15) is 0 Å². The molecule has 12 nitrogen and oxygen atoms in total. The fraction of sp³-hybridized carbons (Fsp3) is 0.182. The van der Waals surface area contributed by atoms with E-state index in [-0.39, 0.29) is 28.1 Å². The van der Waals surface area contributed by atoms with E-state index in [1.54, 1.807) is 54.6 Å². The summed E-state index contributed by atoms with van der Waals surface area (Å²) in [5, 5.41) is 21.5. The Morgan fingerprint density at radius 1 is 0.644 bits per heavy atom. The number of nitrogens with zero attached hydrogens (tertiary/aromatic N) is 1. The van der Waals surface area contributed by atoms with E-state index in [9.17, 15) is 29.6 Å². The van der Waals surface area contributed by atoms with E-state index >= 15 is 0 Å². The Hall–Kier alpha value is -5.59. The second kappa shape index (κ2) is 14.3. The van der Waals surface area contributed by atoms with Gasteiger partial charge in [0.15, 0.2) is 12.2 Å². The van der Waals surface area contributed by atoms with Crippen LogP contribution in [0, 0.1) is 10.1 Å². The molecule has 0 aliphatic carbocycles. The van der Waals surface area contributed by atoms with Gasteiger partial charge in [-0.15, -0.1) is 0 Å². The molecule has 0 unspecified atom stereocenters. The Morgan fingerprint density at radius 3 is 1.49 bits per heavy atom. The maximum Gasteiger partial charge on any atom is 0.338 e. The zero-order chi connectivity index (χ0) is 31.8. The predicted molar refractivity (Wildman–Crippen MR) is 156 cm³/mol. The first-order valence-corrected chi connectivity index (χ1v) is 13.8. The van der Waals surface area contributed by atoms with Crippen LogP contribution in [0.4, 0.5) is 5.69 Å². The highest BCUT2D eigenvalue weighted by Gasteiger charge is 2.53. The van der Waals surface area contributed by atoms with Crippen molar-refractivity contribution in [2.75, 3.05) is 6.61 Å². The third-order valence-corrected chi connectivity index (χ3v) is 6.83. The quantitative estimate of drug-likeness (QED) is 0.117. The molecule has 0 saturated carbocycles. The molecule has 1 saturated heterocycles. The first-order valence-electron chi connectivity index (χ1n) is 13.8. The molecule has 0 spiro atoms. The van der Waals surface area contributed by atoms with Gasteiger partial charge < -0.3 is 28.8 Å². The number of carbonyl (C=O) groups excluding carboxylic acids is 3. The number of aliphatic hydroxyl groups excluding tert-OH is 1. The van der Waals surface area contributed by atoms with E-state index < -0.39 is 60.1 Å². The Balaban J connectivity index is 1.54. The largest absolute Gasteiger partial charge is 0.461 e. The number of carbonyl (C=O) groups is 3. The van der Waals surface area contributed by atoms with Crippen molar-refractivity contribution >= 4 is 23.6 Å². The number of hydrogen-bond donors (Lipinski definition) is 1. The van der Waals surface area contributed by atoms with E-state index in [1.165, 1.54) is 60.7 Å². The average Bonchev–Trinajstić information content (AvgIpc) is 3.08. The summed E-state index contributed by atoms with van der Waals surface area (Å²) < 4.78 is 29.4. The predicted octanol–water partition coefficient (Wildman–Crippen LogP) is 4.37. The van der Waals surface area contributed by atoms with Crippen LogP contribution in [-0.4, -0.2) is 65.3 Å². The molecule has 0 bridgehead atoms. The van der Waals surface area contributed by atoms with E-state index in [4.69, 9.17) is 23.7 Å². The maximum atomic E-state index is 13.4. The molecule has 1 N–H and O–H groups in total. The van der Waals surface area contributed by atoms with Crippen molar-refractivity contribution in [2.45, 2.75) is 30.7 Å². The SMILES string of the molecule is O=C(O[C@@H]1[C@H](OC(=O)c2ccccc2)[C@@H](Oc2ccc([N+](=O)[O-])cc2)O[C@H](CO)[C@H]1OC(=O)c1ccccc1)c1ccccc1. The van der Waals surface area contributed by atoms with E-state index in [1.807, 2.05) is 0 Å². The summed E-state index contributed by atoms with van der Waals surface area (Å²) in [6, 6.07) is 28.9. The molecule has 0 radical (unpaired) electrons. The summed E-state index contributed by atoms with van der Waals surface area (Å²) in [5.41, 5.74) is 0.277. The van der Waals surface area contributed by atoms with Crippen molar-refractivity contribution in [3.8, 4) is 5.75 Å². The molecule has 1 fully saturated rings. The number of hydrogen-bond acceptors (Lipinski definition) is 11. The summed E-state index contributed by atoms with van der Waals surface area (Å²) in [4.78, 5) is 50.4.